The number of amides is 1. The van der Waals surface area contributed by atoms with Gasteiger partial charge >= 0.3 is 0 Å². The molecule has 0 aliphatic carbocycles. The number of carbonyl (C=O) groups excluding carboxylic acids is 1. The van der Waals surface area contributed by atoms with Crippen molar-refractivity contribution in [1.29, 1.82) is 0 Å². The molecule has 0 aromatic heterocycles. The van der Waals surface area contributed by atoms with Gasteiger partial charge in [0.25, 0.3) is 0 Å². The minimum atomic E-state index is -1.79. The van der Waals surface area contributed by atoms with E-state index in [2.05, 4.69) is 104 Å². The molecule has 14 heteroatoms. The Labute approximate surface area is 631 Å². The van der Waals surface area contributed by atoms with Crippen LogP contribution in [0.3, 0.4) is 0 Å². The fourth-order valence-corrected chi connectivity index (χ4v) is 14.1. The summed E-state index contributed by atoms with van der Waals surface area (Å²) in [5.74, 6) is -0.203. The van der Waals surface area contributed by atoms with Gasteiger partial charge in [0.1, 0.15) is 48.8 Å². The molecule has 0 radical (unpaired) electrons. The van der Waals surface area contributed by atoms with E-state index in [1.54, 1.807) is 0 Å². The van der Waals surface area contributed by atoms with Crippen LogP contribution < -0.4 is 5.32 Å². The van der Waals surface area contributed by atoms with E-state index < -0.39 is 86.8 Å². The molecule has 0 spiro atoms. The van der Waals surface area contributed by atoms with Crippen LogP contribution in [0.25, 0.3) is 0 Å². The van der Waals surface area contributed by atoms with Crippen LogP contribution in [0, 0.1) is 0 Å². The highest BCUT2D eigenvalue weighted by Gasteiger charge is 2.51. The Bertz CT molecular complexity index is 2060. The highest BCUT2D eigenvalue weighted by Crippen LogP contribution is 2.31. The molecule has 2 fully saturated rings. The van der Waals surface area contributed by atoms with Gasteiger partial charge in [-0.1, -0.05) is 388 Å². The van der Waals surface area contributed by atoms with Gasteiger partial charge in [0.15, 0.2) is 12.6 Å². The first-order valence-corrected chi connectivity index (χ1v) is 43.3. The lowest BCUT2D eigenvalue weighted by atomic mass is 9.97. The molecule has 0 aromatic rings. The Morgan fingerprint density at radius 1 is 0.359 bits per heavy atom. The third kappa shape index (κ3) is 54.4. The van der Waals surface area contributed by atoms with Crippen LogP contribution in [-0.4, -0.2) is 140 Å². The summed E-state index contributed by atoms with van der Waals surface area (Å²) >= 11 is 0. The standard InChI is InChI=1S/C89H161NO13/c1-3-5-7-9-11-13-15-17-19-21-23-25-27-29-31-33-35-37-38-39-40-41-43-45-47-49-51-53-55-57-59-61-63-65-67-69-71-73-81(94)90-77(76-100-88-86(99)84(97)87(80(75-92)102-88)103-89-85(98)83(96)82(95)79(74-91)101-89)78(93)72-70-68-66-64-62-60-58-56-54-52-50-48-46-44-42-36-34-32-30-28-26-24-22-20-18-16-14-12-10-8-6-4-2/h5,7,11,13,17,19,23,25,29,31,35,37,39-40,77-80,82-89,91-93,95-99H,3-4,6,8-10,12,14-16,18,20-22,24,26-28,30,32-34,36,38,41-76H2,1-2H3,(H,90,94)/b7-5-,13-11-,19-17-,25-23-,31-29-,37-35-,40-39-. The van der Waals surface area contributed by atoms with Crippen molar-refractivity contribution in [3.8, 4) is 0 Å². The van der Waals surface area contributed by atoms with Crippen molar-refractivity contribution in [2.75, 3.05) is 19.8 Å². The van der Waals surface area contributed by atoms with E-state index >= 15 is 0 Å². The Morgan fingerprint density at radius 2 is 0.670 bits per heavy atom. The second kappa shape index (κ2) is 72.1. The number of hydrogen-bond acceptors (Lipinski definition) is 13. The number of allylic oxidation sites excluding steroid dienone is 14. The van der Waals surface area contributed by atoms with Crippen LogP contribution in [0.15, 0.2) is 85.1 Å². The minimum Gasteiger partial charge on any atom is -0.394 e. The zero-order valence-corrected chi connectivity index (χ0v) is 66.1. The van der Waals surface area contributed by atoms with E-state index in [0.29, 0.717) is 12.8 Å². The lowest BCUT2D eigenvalue weighted by Gasteiger charge is -2.46. The second-order valence-electron chi connectivity index (χ2n) is 30.3. The number of unbranched alkanes of at least 4 members (excludes halogenated alkanes) is 46. The average molecular weight is 1450 g/mol. The van der Waals surface area contributed by atoms with E-state index in [-0.39, 0.29) is 12.5 Å². The summed E-state index contributed by atoms with van der Waals surface area (Å²) in [4.78, 5) is 13.4. The molecule has 12 atom stereocenters. The van der Waals surface area contributed by atoms with Crippen molar-refractivity contribution in [3.05, 3.63) is 85.1 Å². The van der Waals surface area contributed by atoms with Crippen LogP contribution in [0.2, 0.25) is 0 Å². The normalized spacial score (nSPS) is 22.0. The molecule has 12 unspecified atom stereocenters. The zero-order chi connectivity index (χ0) is 74.4. The van der Waals surface area contributed by atoms with Gasteiger partial charge in [-0.15, -0.1) is 0 Å². The maximum absolute atomic E-state index is 13.4. The highest BCUT2D eigenvalue weighted by molar-refractivity contribution is 5.76. The molecule has 2 saturated heterocycles. The number of aliphatic hydroxyl groups excluding tert-OH is 8. The fraction of sp³-hybridized carbons (Fsp3) is 0.831. The molecule has 2 heterocycles. The predicted molar refractivity (Wildman–Crippen MR) is 429 cm³/mol. The third-order valence-corrected chi connectivity index (χ3v) is 20.9. The largest absolute Gasteiger partial charge is 0.394 e. The summed E-state index contributed by atoms with van der Waals surface area (Å²) in [7, 11) is 0. The van der Waals surface area contributed by atoms with Gasteiger partial charge in [-0.3, -0.25) is 4.79 Å². The lowest BCUT2D eigenvalue weighted by molar-refractivity contribution is -0.359. The van der Waals surface area contributed by atoms with Crippen LogP contribution in [0.5, 0.6) is 0 Å². The van der Waals surface area contributed by atoms with E-state index in [0.717, 1.165) is 96.3 Å². The van der Waals surface area contributed by atoms with Crippen molar-refractivity contribution in [3.63, 3.8) is 0 Å². The fourth-order valence-electron chi connectivity index (χ4n) is 14.1. The summed E-state index contributed by atoms with van der Waals surface area (Å²) in [6.07, 6.45) is 84.9. The molecule has 9 N–H and O–H groups in total. The number of hydrogen-bond donors (Lipinski definition) is 9. The van der Waals surface area contributed by atoms with Gasteiger partial charge in [-0.25, -0.2) is 0 Å². The minimum absolute atomic E-state index is 0.203. The van der Waals surface area contributed by atoms with Gasteiger partial charge in [0, 0.05) is 6.42 Å². The summed E-state index contributed by atoms with van der Waals surface area (Å²) in [5, 5.41) is 88.0. The quantitative estimate of drug-likeness (QED) is 0.0204. The van der Waals surface area contributed by atoms with Gasteiger partial charge in [0.05, 0.1) is 32.0 Å². The SMILES string of the molecule is CC/C=C\C/C=C\C/C=C\C/C=C\C/C=C\C/C=C\C/C=C\CCCCCCCCCCCCCCCCCC(=O)NC(COC1OC(CO)C(OC2OC(CO)C(O)C(O)C2O)C(O)C1O)C(O)CCCCCCCCCCCCCCCCCCCCCCCCCCCCCCCCCC. The molecule has 14 nitrogen and oxygen atoms in total. The molecule has 103 heavy (non-hydrogen) atoms. The van der Waals surface area contributed by atoms with E-state index in [4.69, 9.17) is 18.9 Å². The monoisotopic (exact) mass is 1450 g/mol. The molecule has 0 saturated carbocycles. The molecular weight excluding hydrogens is 1290 g/mol. The summed E-state index contributed by atoms with van der Waals surface area (Å²) < 4.78 is 23.0. The van der Waals surface area contributed by atoms with E-state index in [9.17, 15) is 45.6 Å². The molecule has 2 aliphatic rings. The summed E-state index contributed by atoms with van der Waals surface area (Å²) in [6.45, 7) is 2.80. The van der Waals surface area contributed by atoms with Crippen LogP contribution in [-0.2, 0) is 23.7 Å². The van der Waals surface area contributed by atoms with Gasteiger partial charge < -0.3 is 65.1 Å². The lowest BCUT2D eigenvalue weighted by Crippen LogP contribution is -2.65. The van der Waals surface area contributed by atoms with Crippen LogP contribution in [0.4, 0.5) is 0 Å². The number of ether oxygens (including phenoxy) is 4. The number of nitrogens with one attached hydrogen (secondary N) is 1. The average Bonchev–Trinajstić information content (AvgIpc) is 0.791. The highest BCUT2D eigenvalue weighted by atomic mass is 16.7. The predicted octanol–water partition coefficient (Wildman–Crippen LogP) is 20.6. The van der Waals surface area contributed by atoms with Crippen LogP contribution in [0.1, 0.15) is 380 Å². The van der Waals surface area contributed by atoms with Crippen molar-refractivity contribution >= 4 is 5.91 Å². The molecule has 1 amide bonds. The first-order valence-electron chi connectivity index (χ1n) is 43.3. The summed E-state index contributed by atoms with van der Waals surface area (Å²) in [5.41, 5.74) is 0. The first kappa shape index (κ1) is 96.2. The number of carbonyl (C=O) groups is 1. The maximum atomic E-state index is 13.4. The molecule has 0 aromatic carbocycles. The molecule has 2 aliphatic heterocycles. The Hall–Kier alpha value is -2.83. The molecule has 2 rings (SSSR count). The van der Waals surface area contributed by atoms with Gasteiger partial charge in [-0.2, -0.15) is 0 Å². The zero-order valence-electron chi connectivity index (χ0n) is 66.1. The van der Waals surface area contributed by atoms with E-state index in [1.807, 2.05) is 0 Å². The Morgan fingerprint density at radius 3 is 1.03 bits per heavy atom. The van der Waals surface area contributed by atoms with Gasteiger partial charge in [0.2, 0.25) is 5.91 Å². The topological polar surface area (TPSA) is 228 Å². The molecule has 600 valence electrons. The van der Waals surface area contributed by atoms with Crippen molar-refractivity contribution < 1.29 is 64.6 Å². The number of rotatable bonds is 73. The molecular formula is C89H161NO13. The smallest absolute Gasteiger partial charge is 0.220 e. The number of aliphatic hydroxyl groups is 8. The van der Waals surface area contributed by atoms with Crippen LogP contribution >= 0.6 is 0 Å². The van der Waals surface area contributed by atoms with Gasteiger partial charge in [-0.05, 0) is 70.6 Å². The van der Waals surface area contributed by atoms with E-state index in [1.165, 1.54) is 257 Å². The maximum Gasteiger partial charge on any atom is 0.220 e. The van der Waals surface area contributed by atoms with Crippen molar-refractivity contribution in [1.82, 2.24) is 5.32 Å². The third-order valence-electron chi connectivity index (χ3n) is 20.9. The van der Waals surface area contributed by atoms with Crippen molar-refractivity contribution in [2.24, 2.45) is 0 Å². The molecule has 0 bridgehead atoms. The second-order valence-corrected chi connectivity index (χ2v) is 30.3. The Balaban J connectivity index is 1.58. The first-order chi connectivity index (χ1) is 50.6. The Kier molecular flexibility index (Phi) is 67.3. The van der Waals surface area contributed by atoms with Crippen molar-refractivity contribution in [2.45, 2.75) is 453 Å². The summed E-state index contributed by atoms with van der Waals surface area (Å²) in [6, 6.07) is -0.835.